The number of carbonyl (C=O) groups is 1. The Morgan fingerprint density at radius 2 is 1.36 bits per heavy atom. The van der Waals surface area contributed by atoms with Gasteiger partial charge in [-0.3, -0.25) is 0 Å². The van der Waals surface area contributed by atoms with Gasteiger partial charge in [-0.2, -0.15) is 0 Å². The lowest BCUT2D eigenvalue weighted by atomic mass is 9.92. The maximum Gasteiger partial charge on any atom is 0.335 e. The van der Waals surface area contributed by atoms with Crippen LogP contribution in [0.5, 0.6) is 5.75 Å². The number of hydrogen-bond acceptors (Lipinski definition) is 2. The van der Waals surface area contributed by atoms with Gasteiger partial charge in [0.25, 0.3) is 0 Å². The van der Waals surface area contributed by atoms with Crippen molar-refractivity contribution in [1.82, 2.24) is 0 Å². The van der Waals surface area contributed by atoms with Crippen molar-refractivity contribution >= 4 is 5.97 Å². The Morgan fingerprint density at radius 3 is 2.00 bits per heavy atom. The van der Waals surface area contributed by atoms with Gasteiger partial charge in [-0.25, -0.2) is 13.6 Å². The third-order valence-corrected chi connectivity index (χ3v) is 7.18. The molecule has 3 rings (SSSR count). The zero-order valence-corrected chi connectivity index (χ0v) is 23.4. The highest BCUT2D eigenvalue weighted by Crippen LogP contribution is 2.40. The zero-order chi connectivity index (χ0) is 28.0. The van der Waals surface area contributed by atoms with E-state index in [0.29, 0.717) is 17.7 Å². The largest absolute Gasteiger partial charge is 0.490 e. The average Bonchev–Trinajstić information content (AvgIpc) is 2.93. The third kappa shape index (κ3) is 8.91. The molecule has 0 saturated carbocycles. The van der Waals surface area contributed by atoms with E-state index in [1.807, 2.05) is 6.07 Å². The van der Waals surface area contributed by atoms with Crippen LogP contribution in [0.25, 0.3) is 22.3 Å². The number of benzene rings is 3. The Labute approximate surface area is 232 Å². The Bertz CT molecular complexity index is 1190. The van der Waals surface area contributed by atoms with Crippen molar-refractivity contribution in [2.45, 2.75) is 90.9 Å². The molecular formula is C34H42F2O3. The Kier molecular flexibility index (Phi) is 12.5. The normalized spacial score (nSPS) is 11.1. The minimum atomic E-state index is -1.04. The van der Waals surface area contributed by atoms with Crippen LogP contribution in [0.3, 0.4) is 0 Å². The second-order valence-electron chi connectivity index (χ2n) is 10.3. The van der Waals surface area contributed by atoms with Crippen LogP contribution in [-0.4, -0.2) is 17.7 Å². The maximum atomic E-state index is 16.0. The van der Waals surface area contributed by atoms with Crippen LogP contribution >= 0.6 is 0 Å². The van der Waals surface area contributed by atoms with E-state index in [1.165, 1.54) is 56.7 Å². The molecule has 0 amide bonds. The first kappa shape index (κ1) is 30.3. The van der Waals surface area contributed by atoms with E-state index >= 15 is 8.78 Å². The maximum absolute atomic E-state index is 16.0. The van der Waals surface area contributed by atoms with Crippen molar-refractivity contribution in [3.63, 3.8) is 0 Å². The number of unbranched alkanes of at least 4 members (excludes halogenated alkanes) is 9. The molecule has 0 atom stereocenters. The van der Waals surface area contributed by atoms with Crippen molar-refractivity contribution in [2.75, 3.05) is 6.61 Å². The Balaban J connectivity index is 1.88. The highest BCUT2D eigenvalue weighted by molar-refractivity contribution is 5.90. The molecule has 3 aromatic carbocycles. The van der Waals surface area contributed by atoms with Gasteiger partial charge in [0.1, 0.15) is 5.82 Å². The first-order valence-electron chi connectivity index (χ1n) is 14.5. The van der Waals surface area contributed by atoms with Crippen LogP contribution in [0, 0.1) is 11.6 Å². The number of rotatable bonds is 17. The summed E-state index contributed by atoms with van der Waals surface area (Å²) in [6.07, 6.45) is 13.0. The first-order valence-corrected chi connectivity index (χ1v) is 14.5. The van der Waals surface area contributed by atoms with Crippen molar-refractivity contribution in [2.24, 2.45) is 0 Å². The monoisotopic (exact) mass is 536 g/mol. The molecule has 3 aromatic rings. The van der Waals surface area contributed by atoms with Crippen molar-refractivity contribution < 1.29 is 23.4 Å². The summed E-state index contributed by atoms with van der Waals surface area (Å²) >= 11 is 0. The van der Waals surface area contributed by atoms with Crippen molar-refractivity contribution in [1.29, 1.82) is 0 Å². The SMILES string of the molecule is CCCCCCCCOc1ccc(-c2ccc(C(=O)O)cc2)c(-c2ccc(CCCCCCC)cc2F)c1F. The topological polar surface area (TPSA) is 46.5 Å². The van der Waals surface area contributed by atoms with Crippen LogP contribution in [0.15, 0.2) is 54.6 Å². The van der Waals surface area contributed by atoms with Crippen LogP contribution in [0.4, 0.5) is 8.78 Å². The van der Waals surface area contributed by atoms with Gasteiger partial charge in [0, 0.05) is 11.1 Å². The van der Waals surface area contributed by atoms with E-state index in [1.54, 1.807) is 30.3 Å². The number of halogens is 2. The fraction of sp³-hybridized carbons (Fsp3) is 0.441. The van der Waals surface area contributed by atoms with Gasteiger partial charge >= 0.3 is 5.97 Å². The smallest absolute Gasteiger partial charge is 0.335 e. The summed E-state index contributed by atoms with van der Waals surface area (Å²) in [6, 6.07) is 14.5. The molecule has 0 aliphatic heterocycles. The van der Waals surface area contributed by atoms with Gasteiger partial charge in [0.15, 0.2) is 11.6 Å². The first-order chi connectivity index (χ1) is 19.0. The number of hydrogen-bond donors (Lipinski definition) is 1. The molecule has 5 heteroatoms. The number of ether oxygens (including phenoxy) is 1. The van der Waals surface area contributed by atoms with E-state index in [9.17, 15) is 9.90 Å². The van der Waals surface area contributed by atoms with Gasteiger partial charge < -0.3 is 9.84 Å². The van der Waals surface area contributed by atoms with E-state index in [2.05, 4.69) is 13.8 Å². The number of aryl methyl sites for hydroxylation is 1. The van der Waals surface area contributed by atoms with E-state index in [0.717, 1.165) is 44.1 Å². The second-order valence-corrected chi connectivity index (χ2v) is 10.3. The molecule has 0 fully saturated rings. The highest BCUT2D eigenvalue weighted by atomic mass is 19.1. The molecule has 0 unspecified atom stereocenters. The molecule has 3 nitrogen and oxygen atoms in total. The molecule has 0 spiro atoms. The van der Waals surface area contributed by atoms with Crippen molar-refractivity contribution in [3.05, 3.63) is 77.4 Å². The summed E-state index contributed by atoms with van der Waals surface area (Å²) in [6.45, 7) is 4.75. The summed E-state index contributed by atoms with van der Waals surface area (Å²) in [4.78, 5) is 11.3. The summed E-state index contributed by atoms with van der Waals surface area (Å²) < 4.78 is 37.3. The summed E-state index contributed by atoms with van der Waals surface area (Å²) in [5, 5.41) is 9.26. The molecule has 0 saturated heterocycles. The van der Waals surface area contributed by atoms with Crippen molar-refractivity contribution in [3.8, 4) is 28.0 Å². The van der Waals surface area contributed by atoms with Crippen LogP contribution in [0.2, 0.25) is 0 Å². The molecule has 0 aliphatic carbocycles. The number of carboxylic acids is 1. The molecule has 0 bridgehead atoms. The summed E-state index contributed by atoms with van der Waals surface area (Å²) in [7, 11) is 0. The lowest BCUT2D eigenvalue weighted by Gasteiger charge is -2.17. The predicted molar refractivity (Wildman–Crippen MR) is 156 cm³/mol. The second kappa shape index (κ2) is 16.0. The van der Waals surface area contributed by atoms with E-state index in [4.69, 9.17) is 4.74 Å². The zero-order valence-electron chi connectivity index (χ0n) is 23.4. The van der Waals surface area contributed by atoms with Gasteiger partial charge in [-0.1, -0.05) is 95.9 Å². The summed E-state index contributed by atoms with van der Waals surface area (Å²) in [5.41, 5.74) is 2.43. The Morgan fingerprint density at radius 1 is 0.744 bits per heavy atom. The molecule has 0 aliphatic rings. The molecule has 0 aromatic heterocycles. The standard InChI is InChI=1S/C34H42F2O3/c1-3-5-7-9-11-13-23-39-31-22-21-28(26-16-18-27(19-17-26)34(37)38)32(33(31)36)29-20-15-25(24-30(29)35)14-12-10-8-6-4-2/h15-22,24H,3-14,23H2,1-2H3,(H,37,38). The fourth-order valence-corrected chi connectivity index (χ4v) is 4.88. The predicted octanol–water partition coefficient (Wildman–Crippen LogP) is 10.2. The van der Waals surface area contributed by atoms with E-state index < -0.39 is 17.6 Å². The minimum Gasteiger partial charge on any atom is -0.490 e. The lowest BCUT2D eigenvalue weighted by Crippen LogP contribution is -2.02. The molecule has 0 heterocycles. The lowest BCUT2D eigenvalue weighted by molar-refractivity contribution is 0.0697. The third-order valence-electron chi connectivity index (χ3n) is 7.18. The fourth-order valence-electron chi connectivity index (χ4n) is 4.88. The van der Waals surface area contributed by atoms with Gasteiger partial charge in [-0.05, 0) is 66.3 Å². The van der Waals surface area contributed by atoms with Crippen LogP contribution in [-0.2, 0) is 6.42 Å². The molecule has 0 radical (unpaired) electrons. The van der Waals surface area contributed by atoms with Gasteiger partial charge in [-0.15, -0.1) is 0 Å². The summed E-state index contributed by atoms with van der Waals surface area (Å²) in [5.74, 6) is -2.02. The van der Waals surface area contributed by atoms with Gasteiger partial charge in [0.05, 0.1) is 12.2 Å². The van der Waals surface area contributed by atoms with Crippen LogP contribution < -0.4 is 4.74 Å². The van der Waals surface area contributed by atoms with Gasteiger partial charge in [0.2, 0.25) is 0 Å². The number of carboxylic acid groups (broad SMARTS) is 1. The van der Waals surface area contributed by atoms with Crippen LogP contribution in [0.1, 0.15) is 100 Å². The van der Waals surface area contributed by atoms with E-state index in [-0.39, 0.29) is 22.4 Å². The molecule has 1 N–H and O–H groups in total. The molecule has 210 valence electrons. The highest BCUT2D eigenvalue weighted by Gasteiger charge is 2.21. The number of aromatic carboxylic acids is 1. The minimum absolute atomic E-state index is 0.101. The quantitative estimate of drug-likeness (QED) is 0.175. The molecule has 39 heavy (non-hydrogen) atoms. The molecular weight excluding hydrogens is 494 g/mol. The Hall–Kier alpha value is -3.21. The average molecular weight is 537 g/mol.